The highest BCUT2D eigenvalue weighted by molar-refractivity contribution is 5.44. The Hall–Kier alpha value is -1.22. The minimum absolute atomic E-state index is 0.199. The third kappa shape index (κ3) is 2.39. The van der Waals surface area contributed by atoms with E-state index >= 15 is 0 Å². The molecule has 3 rings (SSSR count). The molecule has 1 aliphatic carbocycles. The number of fused-ring (bicyclic) bond motifs is 1. The van der Waals surface area contributed by atoms with Crippen molar-refractivity contribution in [1.29, 1.82) is 0 Å². The predicted molar refractivity (Wildman–Crippen MR) is 78.1 cm³/mol. The zero-order chi connectivity index (χ0) is 14.3. The second kappa shape index (κ2) is 4.96. The van der Waals surface area contributed by atoms with Crippen LogP contribution in [0.1, 0.15) is 51.2 Å². The van der Waals surface area contributed by atoms with Crippen LogP contribution in [-0.4, -0.2) is 17.8 Å². The van der Waals surface area contributed by atoms with Crippen molar-refractivity contribution in [2.24, 2.45) is 11.8 Å². The average molecular weight is 276 g/mol. The summed E-state index contributed by atoms with van der Waals surface area (Å²) < 4.78 is 11.6. The highest BCUT2D eigenvalue weighted by Crippen LogP contribution is 2.49. The fraction of sp³-hybridized carbons (Fsp3) is 0.647. The lowest BCUT2D eigenvalue weighted by Gasteiger charge is -2.47. The monoisotopic (exact) mass is 276 g/mol. The van der Waals surface area contributed by atoms with Gasteiger partial charge in [-0.3, -0.25) is 0 Å². The normalized spacial score (nSPS) is 36.3. The highest BCUT2D eigenvalue weighted by atomic mass is 16.5. The number of methoxy groups -OCH3 is 1. The SMILES string of the molecule is COc1ccc2c(c1)OC1(CC(C)CC(C)C1)C[C@H]2O. The van der Waals surface area contributed by atoms with Gasteiger partial charge in [0.05, 0.1) is 13.2 Å². The lowest BCUT2D eigenvalue weighted by molar-refractivity contribution is -0.0625. The maximum Gasteiger partial charge on any atom is 0.129 e. The van der Waals surface area contributed by atoms with E-state index in [-0.39, 0.29) is 5.60 Å². The number of aliphatic hydroxyl groups is 1. The van der Waals surface area contributed by atoms with Crippen LogP contribution in [0, 0.1) is 11.8 Å². The minimum Gasteiger partial charge on any atom is -0.497 e. The van der Waals surface area contributed by atoms with Gasteiger partial charge in [-0.05, 0) is 43.2 Å². The van der Waals surface area contributed by atoms with E-state index in [0.29, 0.717) is 18.3 Å². The summed E-state index contributed by atoms with van der Waals surface area (Å²) >= 11 is 0. The van der Waals surface area contributed by atoms with Gasteiger partial charge in [0.15, 0.2) is 0 Å². The topological polar surface area (TPSA) is 38.7 Å². The molecule has 1 saturated carbocycles. The van der Waals surface area contributed by atoms with Gasteiger partial charge in [-0.15, -0.1) is 0 Å². The van der Waals surface area contributed by atoms with Gasteiger partial charge in [0.1, 0.15) is 17.1 Å². The standard InChI is InChI=1S/C17H24O3/c1-11-6-12(2)9-17(8-11)10-15(18)14-5-4-13(19-3)7-16(14)20-17/h4-5,7,11-12,15,18H,6,8-10H2,1-3H3/t11?,12?,15-,17?/m1/s1. The van der Waals surface area contributed by atoms with Crippen LogP contribution in [0.5, 0.6) is 11.5 Å². The molecular formula is C17H24O3. The summed E-state index contributed by atoms with van der Waals surface area (Å²) in [4.78, 5) is 0. The van der Waals surface area contributed by atoms with E-state index in [1.165, 1.54) is 6.42 Å². The first kappa shape index (κ1) is 13.7. The molecule has 2 unspecified atom stereocenters. The van der Waals surface area contributed by atoms with Crippen molar-refractivity contribution >= 4 is 0 Å². The Bertz CT molecular complexity index is 487. The summed E-state index contributed by atoms with van der Waals surface area (Å²) in [7, 11) is 1.65. The summed E-state index contributed by atoms with van der Waals surface area (Å²) in [6.07, 6.45) is 3.60. The molecular weight excluding hydrogens is 252 g/mol. The molecule has 3 atom stereocenters. The summed E-state index contributed by atoms with van der Waals surface area (Å²) in [6, 6.07) is 5.71. The van der Waals surface area contributed by atoms with E-state index in [1.54, 1.807) is 7.11 Å². The van der Waals surface area contributed by atoms with Crippen LogP contribution >= 0.6 is 0 Å². The first-order chi connectivity index (χ1) is 9.51. The average Bonchev–Trinajstić information content (AvgIpc) is 2.36. The third-order valence-electron chi connectivity index (χ3n) is 4.72. The van der Waals surface area contributed by atoms with Crippen molar-refractivity contribution in [3.8, 4) is 11.5 Å². The first-order valence-electron chi connectivity index (χ1n) is 7.56. The summed E-state index contributed by atoms with van der Waals surface area (Å²) in [6.45, 7) is 4.57. The van der Waals surface area contributed by atoms with Crippen LogP contribution in [0.25, 0.3) is 0 Å². The molecule has 3 nitrogen and oxygen atoms in total. The molecule has 1 heterocycles. The fourth-order valence-electron chi connectivity index (χ4n) is 4.20. The molecule has 110 valence electrons. The van der Waals surface area contributed by atoms with Gasteiger partial charge in [-0.2, -0.15) is 0 Å². The molecule has 0 saturated heterocycles. The van der Waals surface area contributed by atoms with Crippen LogP contribution in [0.4, 0.5) is 0 Å². The van der Waals surface area contributed by atoms with Gasteiger partial charge in [-0.1, -0.05) is 13.8 Å². The maximum atomic E-state index is 10.5. The Balaban J connectivity index is 1.94. The number of aliphatic hydroxyl groups excluding tert-OH is 1. The Morgan fingerprint density at radius 1 is 1.20 bits per heavy atom. The molecule has 3 heteroatoms. The van der Waals surface area contributed by atoms with Crippen LogP contribution in [0.3, 0.4) is 0 Å². The molecule has 1 N–H and O–H groups in total. The molecule has 1 aromatic carbocycles. The molecule has 1 fully saturated rings. The second-order valence-corrected chi connectivity index (χ2v) is 6.76. The van der Waals surface area contributed by atoms with Gasteiger partial charge in [-0.25, -0.2) is 0 Å². The van der Waals surface area contributed by atoms with Crippen molar-refractivity contribution in [3.05, 3.63) is 23.8 Å². The Morgan fingerprint density at radius 2 is 1.90 bits per heavy atom. The molecule has 2 aliphatic rings. The largest absolute Gasteiger partial charge is 0.497 e. The number of rotatable bonds is 1. The summed E-state index contributed by atoms with van der Waals surface area (Å²) in [5.41, 5.74) is 0.692. The quantitative estimate of drug-likeness (QED) is 0.850. The van der Waals surface area contributed by atoms with Gasteiger partial charge < -0.3 is 14.6 Å². The maximum absolute atomic E-state index is 10.5. The molecule has 1 spiro atoms. The van der Waals surface area contributed by atoms with Crippen LogP contribution in [0.15, 0.2) is 18.2 Å². The van der Waals surface area contributed by atoms with E-state index in [9.17, 15) is 5.11 Å². The minimum atomic E-state index is -0.429. The van der Waals surface area contributed by atoms with Crippen molar-refractivity contribution in [3.63, 3.8) is 0 Å². The lowest BCUT2D eigenvalue weighted by atomic mass is 9.70. The van der Waals surface area contributed by atoms with E-state index in [1.807, 2.05) is 18.2 Å². The van der Waals surface area contributed by atoms with Crippen LogP contribution in [0.2, 0.25) is 0 Å². The Morgan fingerprint density at radius 3 is 2.55 bits per heavy atom. The summed E-state index contributed by atoms with van der Waals surface area (Å²) in [5, 5.41) is 10.5. The predicted octanol–water partition coefficient (Wildman–Crippen LogP) is 3.71. The van der Waals surface area contributed by atoms with Crippen LogP contribution in [-0.2, 0) is 0 Å². The molecule has 0 radical (unpaired) electrons. The van der Waals surface area contributed by atoms with Gasteiger partial charge in [0.25, 0.3) is 0 Å². The van der Waals surface area contributed by atoms with E-state index in [0.717, 1.165) is 29.9 Å². The molecule has 1 aliphatic heterocycles. The van der Waals surface area contributed by atoms with E-state index in [4.69, 9.17) is 9.47 Å². The van der Waals surface area contributed by atoms with E-state index in [2.05, 4.69) is 13.8 Å². The number of benzene rings is 1. The van der Waals surface area contributed by atoms with Crippen molar-refractivity contribution in [2.75, 3.05) is 7.11 Å². The Kier molecular flexibility index (Phi) is 3.41. The van der Waals surface area contributed by atoms with E-state index < -0.39 is 6.10 Å². The zero-order valence-electron chi connectivity index (χ0n) is 12.6. The zero-order valence-corrected chi connectivity index (χ0v) is 12.6. The third-order valence-corrected chi connectivity index (χ3v) is 4.72. The Labute approximate surface area is 120 Å². The number of hydrogen-bond donors (Lipinski definition) is 1. The molecule has 20 heavy (non-hydrogen) atoms. The first-order valence-corrected chi connectivity index (χ1v) is 7.56. The van der Waals surface area contributed by atoms with Gasteiger partial charge in [0, 0.05) is 18.1 Å². The van der Waals surface area contributed by atoms with Gasteiger partial charge >= 0.3 is 0 Å². The van der Waals surface area contributed by atoms with Crippen molar-refractivity contribution in [2.45, 2.75) is 51.2 Å². The molecule has 1 aromatic rings. The summed E-state index contributed by atoms with van der Waals surface area (Å²) in [5.74, 6) is 2.88. The fourth-order valence-corrected chi connectivity index (χ4v) is 4.20. The molecule has 0 bridgehead atoms. The number of ether oxygens (including phenoxy) is 2. The smallest absolute Gasteiger partial charge is 0.129 e. The second-order valence-electron chi connectivity index (χ2n) is 6.76. The van der Waals surface area contributed by atoms with Crippen molar-refractivity contribution in [1.82, 2.24) is 0 Å². The lowest BCUT2D eigenvalue weighted by Crippen LogP contribution is -2.46. The molecule has 0 aromatic heterocycles. The van der Waals surface area contributed by atoms with Gasteiger partial charge in [0.2, 0.25) is 0 Å². The van der Waals surface area contributed by atoms with Crippen molar-refractivity contribution < 1.29 is 14.6 Å². The van der Waals surface area contributed by atoms with Crippen LogP contribution < -0.4 is 9.47 Å². The number of hydrogen-bond acceptors (Lipinski definition) is 3. The molecule has 0 amide bonds. The highest BCUT2D eigenvalue weighted by Gasteiger charge is 2.45.